The van der Waals surface area contributed by atoms with Crippen LogP contribution in [-0.2, 0) is 11.3 Å². The Morgan fingerprint density at radius 1 is 1.43 bits per heavy atom. The highest BCUT2D eigenvalue weighted by Crippen LogP contribution is 2.29. The molecule has 1 rings (SSSR count). The van der Waals surface area contributed by atoms with E-state index in [0.717, 1.165) is 0 Å². The number of ether oxygens (including phenoxy) is 1. The number of aromatic hydroxyl groups is 1. The predicted octanol–water partition coefficient (Wildman–Crippen LogP) is 2.98. The number of rotatable bonds is 3. The van der Waals surface area contributed by atoms with E-state index in [9.17, 15) is 20.0 Å². The Morgan fingerprint density at radius 3 is 2.48 bits per heavy atom. The van der Waals surface area contributed by atoms with Crippen LogP contribution in [0.4, 0.5) is 10.5 Å². The minimum atomic E-state index is -0.661. The van der Waals surface area contributed by atoms with Crippen LogP contribution >= 0.6 is 0 Å². The van der Waals surface area contributed by atoms with Gasteiger partial charge in [-0.05, 0) is 44.9 Å². The van der Waals surface area contributed by atoms with Crippen molar-refractivity contribution in [2.75, 3.05) is 7.05 Å². The van der Waals surface area contributed by atoms with Gasteiger partial charge < -0.3 is 14.7 Å². The Balaban J connectivity index is 2.95. The standard InChI is InChI=1S/C14H20N2O5/c1-9-6-12(17)11(16(19)20)7-10(9)8-15(5)13(18)21-14(2,3)4/h6-7,17H,8H2,1-5H3. The van der Waals surface area contributed by atoms with Crippen molar-refractivity contribution in [3.05, 3.63) is 33.4 Å². The van der Waals surface area contributed by atoms with Crippen LogP contribution in [0.5, 0.6) is 5.75 Å². The topological polar surface area (TPSA) is 92.9 Å². The average molecular weight is 296 g/mol. The predicted molar refractivity (Wildman–Crippen MR) is 77.2 cm³/mol. The summed E-state index contributed by atoms with van der Waals surface area (Å²) in [5.41, 5.74) is 0.246. The third-order valence-electron chi connectivity index (χ3n) is 2.74. The number of hydrogen-bond acceptors (Lipinski definition) is 5. The van der Waals surface area contributed by atoms with Crippen LogP contribution in [0.15, 0.2) is 12.1 Å². The fourth-order valence-electron chi connectivity index (χ4n) is 1.70. The van der Waals surface area contributed by atoms with Crippen LogP contribution in [0.1, 0.15) is 31.9 Å². The monoisotopic (exact) mass is 296 g/mol. The number of nitrogens with zero attached hydrogens (tertiary/aromatic N) is 2. The average Bonchev–Trinajstić information content (AvgIpc) is 2.29. The van der Waals surface area contributed by atoms with Gasteiger partial charge in [0.25, 0.3) is 0 Å². The van der Waals surface area contributed by atoms with Gasteiger partial charge in [0, 0.05) is 19.7 Å². The molecule has 7 nitrogen and oxygen atoms in total. The highest BCUT2D eigenvalue weighted by Gasteiger charge is 2.22. The van der Waals surface area contributed by atoms with Gasteiger partial charge in [-0.3, -0.25) is 10.1 Å². The Hall–Kier alpha value is -2.31. The van der Waals surface area contributed by atoms with Crippen molar-refractivity contribution in [2.45, 2.75) is 39.8 Å². The SMILES string of the molecule is Cc1cc(O)c([N+](=O)[O-])cc1CN(C)C(=O)OC(C)(C)C. The first-order chi connectivity index (χ1) is 9.51. The summed E-state index contributed by atoms with van der Waals surface area (Å²) in [6.45, 7) is 7.14. The molecule has 0 spiro atoms. The summed E-state index contributed by atoms with van der Waals surface area (Å²) in [4.78, 5) is 23.4. The first-order valence-electron chi connectivity index (χ1n) is 6.42. The quantitative estimate of drug-likeness (QED) is 0.683. The molecule has 0 bridgehead atoms. The summed E-state index contributed by atoms with van der Waals surface area (Å²) in [7, 11) is 1.55. The molecule has 0 aromatic heterocycles. The highest BCUT2D eigenvalue weighted by molar-refractivity contribution is 5.68. The van der Waals surface area contributed by atoms with Crippen molar-refractivity contribution in [3.8, 4) is 5.75 Å². The molecule has 0 saturated heterocycles. The number of aryl methyl sites for hydroxylation is 1. The third kappa shape index (κ3) is 4.62. The summed E-state index contributed by atoms with van der Waals surface area (Å²) in [5.74, 6) is -0.388. The largest absolute Gasteiger partial charge is 0.502 e. The normalized spacial score (nSPS) is 11.1. The first kappa shape index (κ1) is 16.7. The smallest absolute Gasteiger partial charge is 0.410 e. The summed E-state index contributed by atoms with van der Waals surface area (Å²) in [5, 5.41) is 20.4. The van der Waals surface area contributed by atoms with Gasteiger partial charge in [0.1, 0.15) is 5.60 Å². The summed E-state index contributed by atoms with van der Waals surface area (Å²) in [6, 6.07) is 2.59. The highest BCUT2D eigenvalue weighted by atomic mass is 16.6. The molecule has 0 fully saturated rings. The van der Waals surface area contributed by atoms with Crippen LogP contribution in [0.3, 0.4) is 0 Å². The molecule has 0 aliphatic rings. The Labute approximate surface area is 123 Å². The Kier molecular flexibility index (Phi) is 4.77. The molecule has 0 aliphatic heterocycles. The second kappa shape index (κ2) is 5.99. The lowest BCUT2D eigenvalue weighted by molar-refractivity contribution is -0.385. The number of benzene rings is 1. The first-order valence-corrected chi connectivity index (χ1v) is 6.42. The second-order valence-electron chi connectivity index (χ2n) is 5.86. The molecule has 0 heterocycles. The maximum Gasteiger partial charge on any atom is 0.410 e. The maximum atomic E-state index is 11.9. The molecule has 7 heteroatoms. The molecule has 21 heavy (non-hydrogen) atoms. The van der Waals surface area contributed by atoms with E-state index in [1.165, 1.54) is 17.0 Å². The zero-order valence-corrected chi connectivity index (χ0v) is 12.8. The van der Waals surface area contributed by atoms with E-state index in [-0.39, 0.29) is 18.0 Å². The van der Waals surface area contributed by atoms with E-state index in [0.29, 0.717) is 11.1 Å². The summed E-state index contributed by atoms with van der Waals surface area (Å²) < 4.78 is 5.22. The lowest BCUT2D eigenvalue weighted by atomic mass is 10.1. The number of phenols is 1. The van der Waals surface area contributed by atoms with Crippen molar-refractivity contribution in [2.24, 2.45) is 0 Å². The van der Waals surface area contributed by atoms with Gasteiger partial charge in [0.15, 0.2) is 5.75 Å². The molecule has 0 unspecified atom stereocenters. The number of carbonyl (C=O) groups excluding carboxylic acids is 1. The van der Waals surface area contributed by atoms with Crippen molar-refractivity contribution in [1.82, 2.24) is 4.90 Å². The molecule has 1 aromatic carbocycles. The van der Waals surface area contributed by atoms with Crippen molar-refractivity contribution in [1.29, 1.82) is 0 Å². The van der Waals surface area contributed by atoms with Crippen LogP contribution in [-0.4, -0.2) is 33.7 Å². The summed E-state index contributed by atoms with van der Waals surface area (Å²) >= 11 is 0. The summed E-state index contributed by atoms with van der Waals surface area (Å²) in [6.07, 6.45) is -0.516. The zero-order valence-electron chi connectivity index (χ0n) is 12.8. The molecule has 0 atom stereocenters. The number of nitro groups is 1. The van der Waals surface area contributed by atoms with E-state index in [1.54, 1.807) is 34.7 Å². The van der Waals surface area contributed by atoms with Gasteiger partial charge in [-0.15, -0.1) is 0 Å². The molecule has 116 valence electrons. The van der Waals surface area contributed by atoms with Gasteiger partial charge >= 0.3 is 11.8 Å². The molecular weight excluding hydrogens is 276 g/mol. The maximum absolute atomic E-state index is 11.9. The van der Waals surface area contributed by atoms with Gasteiger partial charge in [0.2, 0.25) is 0 Å². The molecule has 0 saturated carbocycles. The lowest BCUT2D eigenvalue weighted by Crippen LogP contribution is -2.34. The van der Waals surface area contributed by atoms with E-state index in [4.69, 9.17) is 4.74 Å². The van der Waals surface area contributed by atoms with Crippen LogP contribution < -0.4 is 0 Å². The molecule has 0 radical (unpaired) electrons. The molecule has 1 aromatic rings. The fourth-order valence-corrected chi connectivity index (χ4v) is 1.70. The lowest BCUT2D eigenvalue weighted by Gasteiger charge is -2.25. The van der Waals surface area contributed by atoms with Crippen molar-refractivity contribution < 1.29 is 19.6 Å². The van der Waals surface area contributed by atoms with Crippen molar-refractivity contribution in [3.63, 3.8) is 0 Å². The molecule has 0 aliphatic carbocycles. The van der Waals surface area contributed by atoms with E-state index >= 15 is 0 Å². The number of carbonyl (C=O) groups is 1. The van der Waals surface area contributed by atoms with Crippen LogP contribution in [0.25, 0.3) is 0 Å². The zero-order chi connectivity index (χ0) is 16.4. The van der Waals surface area contributed by atoms with Gasteiger partial charge in [-0.25, -0.2) is 4.79 Å². The van der Waals surface area contributed by atoms with Gasteiger partial charge in [-0.2, -0.15) is 0 Å². The van der Waals surface area contributed by atoms with Gasteiger partial charge in [-0.1, -0.05) is 0 Å². The number of nitro benzene ring substituents is 1. The molecule has 1 N–H and O–H groups in total. The minimum Gasteiger partial charge on any atom is -0.502 e. The van der Waals surface area contributed by atoms with Gasteiger partial charge in [0.05, 0.1) is 4.92 Å². The Morgan fingerprint density at radius 2 is 2.00 bits per heavy atom. The third-order valence-corrected chi connectivity index (χ3v) is 2.74. The molecule has 1 amide bonds. The number of amides is 1. The minimum absolute atomic E-state index is 0.155. The molecular formula is C14H20N2O5. The van der Waals surface area contributed by atoms with E-state index in [1.807, 2.05) is 0 Å². The second-order valence-corrected chi connectivity index (χ2v) is 5.86. The fraction of sp³-hybridized carbons (Fsp3) is 0.500. The number of phenolic OH excluding ortho intramolecular Hbond substituents is 1. The van der Waals surface area contributed by atoms with Crippen molar-refractivity contribution >= 4 is 11.8 Å². The van der Waals surface area contributed by atoms with Crippen LogP contribution in [0.2, 0.25) is 0 Å². The van der Waals surface area contributed by atoms with E-state index in [2.05, 4.69) is 0 Å². The Bertz CT molecular complexity index is 563. The number of hydrogen-bond donors (Lipinski definition) is 1. The van der Waals surface area contributed by atoms with E-state index < -0.39 is 16.6 Å². The van der Waals surface area contributed by atoms with Crippen LogP contribution in [0, 0.1) is 17.0 Å².